The van der Waals surface area contributed by atoms with Crippen molar-refractivity contribution in [3.05, 3.63) is 53.1 Å². The summed E-state index contributed by atoms with van der Waals surface area (Å²) in [5.74, 6) is 0.197. The van der Waals surface area contributed by atoms with Crippen molar-refractivity contribution in [3.8, 4) is 0 Å². The molecule has 1 aliphatic heterocycles. The van der Waals surface area contributed by atoms with Crippen LogP contribution < -0.4 is 5.32 Å². The third kappa shape index (κ3) is 3.58. The summed E-state index contributed by atoms with van der Waals surface area (Å²) in [7, 11) is 0. The Labute approximate surface area is 141 Å². The van der Waals surface area contributed by atoms with E-state index in [-0.39, 0.29) is 17.9 Å². The Bertz CT molecular complexity index is 693. The van der Waals surface area contributed by atoms with Crippen LogP contribution in [0.25, 0.3) is 0 Å². The van der Waals surface area contributed by atoms with Crippen LogP contribution in [0.4, 0.5) is 9.18 Å². The number of nitrogens with one attached hydrogen (secondary N) is 2. The van der Waals surface area contributed by atoms with Crippen molar-refractivity contribution in [1.29, 1.82) is 0 Å². The fourth-order valence-electron chi connectivity index (χ4n) is 3.35. The summed E-state index contributed by atoms with van der Waals surface area (Å²) in [5, 5.41) is 9.66. The first kappa shape index (κ1) is 16.5. The van der Waals surface area contributed by atoms with Crippen molar-refractivity contribution in [2.45, 2.75) is 38.6 Å². The minimum absolute atomic E-state index is 0.0435. The molecular formula is C18H23FN4O. The molecule has 1 aliphatic rings. The molecule has 128 valence electrons. The van der Waals surface area contributed by atoms with Crippen LogP contribution in [-0.4, -0.2) is 34.2 Å². The van der Waals surface area contributed by atoms with Gasteiger partial charge in [-0.05, 0) is 55.9 Å². The Morgan fingerprint density at radius 2 is 2.17 bits per heavy atom. The summed E-state index contributed by atoms with van der Waals surface area (Å²) in [5.41, 5.74) is 3.15. The number of benzene rings is 1. The molecule has 1 fully saturated rings. The normalized spacial score (nSPS) is 16.9. The molecule has 2 N–H and O–H groups in total. The van der Waals surface area contributed by atoms with E-state index in [2.05, 4.69) is 15.5 Å². The molecule has 1 aromatic carbocycles. The highest BCUT2D eigenvalue weighted by molar-refractivity contribution is 5.74. The van der Waals surface area contributed by atoms with Gasteiger partial charge < -0.3 is 10.2 Å². The van der Waals surface area contributed by atoms with Crippen LogP contribution in [0.15, 0.2) is 30.6 Å². The SMILES string of the molecule is Cc1cc(F)ccc1C1CCN(C(=O)N[C@@H](C)c2cn[nH]c2)CC1. The van der Waals surface area contributed by atoms with Crippen LogP contribution in [0.1, 0.15) is 48.4 Å². The van der Waals surface area contributed by atoms with Crippen LogP contribution in [0.3, 0.4) is 0 Å². The van der Waals surface area contributed by atoms with Crippen LogP contribution in [-0.2, 0) is 0 Å². The second-order valence-electron chi connectivity index (χ2n) is 6.47. The molecule has 0 radical (unpaired) electrons. The standard InChI is InChI=1S/C18H23FN4O/c1-12-9-16(19)3-4-17(12)14-5-7-23(8-6-14)18(24)22-13(2)15-10-20-21-11-15/h3-4,9-11,13-14H,5-8H2,1-2H3,(H,20,21)(H,22,24)/t13-/m0/s1. The van der Waals surface area contributed by atoms with Crippen molar-refractivity contribution in [3.63, 3.8) is 0 Å². The Morgan fingerprint density at radius 1 is 1.42 bits per heavy atom. The number of halogens is 1. The van der Waals surface area contributed by atoms with Gasteiger partial charge in [-0.1, -0.05) is 6.07 Å². The van der Waals surface area contributed by atoms with Gasteiger partial charge in [0, 0.05) is 24.8 Å². The number of piperidine rings is 1. The molecule has 1 aromatic heterocycles. The van der Waals surface area contributed by atoms with Crippen molar-refractivity contribution in [2.24, 2.45) is 0 Å². The van der Waals surface area contributed by atoms with Gasteiger partial charge in [-0.2, -0.15) is 5.10 Å². The van der Waals surface area contributed by atoms with Crippen molar-refractivity contribution in [1.82, 2.24) is 20.4 Å². The quantitative estimate of drug-likeness (QED) is 0.905. The maximum atomic E-state index is 13.3. The number of aromatic amines is 1. The highest BCUT2D eigenvalue weighted by atomic mass is 19.1. The molecule has 0 spiro atoms. The molecule has 6 heteroatoms. The van der Waals surface area contributed by atoms with Crippen LogP contribution in [0.5, 0.6) is 0 Å². The molecular weight excluding hydrogens is 307 g/mol. The predicted octanol–water partition coefficient (Wildman–Crippen LogP) is 3.51. The highest BCUT2D eigenvalue weighted by Gasteiger charge is 2.25. The second kappa shape index (κ2) is 7.03. The van der Waals surface area contributed by atoms with Gasteiger partial charge in [0.15, 0.2) is 0 Å². The van der Waals surface area contributed by atoms with Crippen molar-refractivity contribution >= 4 is 6.03 Å². The van der Waals surface area contributed by atoms with E-state index in [1.807, 2.05) is 24.8 Å². The summed E-state index contributed by atoms with van der Waals surface area (Å²) in [6, 6.07) is 4.87. The molecule has 0 bridgehead atoms. The van der Waals surface area contributed by atoms with E-state index in [0.717, 1.165) is 24.0 Å². The molecule has 0 saturated carbocycles. The zero-order chi connectivity index (χ0) is 17.1. The number of nitrogens with zero attached hydrogens (tertiary/aromatic N) is 2. The number of rotatable bonds is 3. The van der Waals surface area contributed by atoms with E-state index in [1.165, 1.54) is 11.6 Å². The number of hydrogen-bond donors (Lipinski definition) is 2. The van der Waals surface area contributed by atoms with Gasteiger partial charge in [0.2, 0.25) is 0 Å². The lowest BCUT2D eigenvalue weighted by Crippen LogP contribution is -2.44. The maximum Gasteiger partial charge on any atom is 0.317 e. The van der Waals surface area contributed by atoms with Crippen molar-refractivity contribution < 1.29 is 9.18 Å². The van der Waals surface area contributed by atoms with Crippen LogP contribution in [0.2, 0.25) is 0 Å². The van der Waals surface area contributed by atoms with E-state index in [9.17, 15) is 9.18 Å². The molecule has 0 unspecified atom stereocenters. The minimum Gasteiger partial charge on any atom is -0.331 e. The topological polar surface area (TPSA) is 61.0 Å². The van der Waals surface area contributed by atoms with Crippen molar-refractivity contribution in [2.75, 3.05) is 13.1 Å². The van der Waals surface area contributed by atoms with Crippen LogP contribution >= 0.6 is 0 Å². The first-order valence-corrected chi connectivity index (χ1v) is 8.34. The smallest absolute Gasteiger partial charge is 0.317 e. The Kier molecular flexibility index (Phi) is 4.83. The lowest BCUT2D eigenvalue weighted by Gasteiger charge is -2.33. The fraction of sp³-hybridized carbons (Fsp3) is 0.444. The molecule has 2 aromatic rings. The van der Waals surface area contributed by atoms with E-state index < -0.39 is 0 Å². The number of aromatic nitrogens is 2. The molecule has 1 saturated heterocycles. The molecule has 3 rings (SSSR count). The first-order chi connectivity index (χ1) is 11.5. The lowest BCUT2D eigenvalue weighted by atomic mass is 9.87. The molecule has 2 amide bonds. The van der Waals surface area contributed by atoms with E-state index >= 15 is 0 Å². The largest absolute Gasteiger partial charge is 0.331 e. The van der Waals surface area contributed by atoms with E-state index in [1.54, 1.807) is 18.5 Å². The summed E-state index contributed by atoms with van der Waals surface area (Å²) >= 11 is 0. The summed E-state index contributed by atoms with van der Waals surface area (Å²) in [6.45, 7) is 5.32. The fourth-order valence-corrected chi connectivity index (χ4v) is 3.35. The average molecular weight is 330 g/mol. The molecule has 24 heavy (non-hydrogen) atoms. The van der Waals surface area contributed by atoms with Gasteiger partial charge in [-0.15, -0.1) is 0 Å². The van der Waals surface area contributed by atoms with Gasteiger partial charge in [-0.25, -0.2) is 9.18 Å². The van der Waals surface area contributed by atoms with Gasteiger partial charge in [0.05, 0.1) is 12.2 Å². The third-order valence-electron chi connectivity index (χ3n) is 4.81. The Hall–Kier alpha value is -2.37. The van der Waals surface area contributed by atoms with Gasteiger partial charge >= 0.3 is 6.03 Å². The lowest BCUT2D eigenvalue weighted by molar-refractivity contribution is 0.178. The second-order valence-corrected chi connectivity index (χ2v) is 6.47. The highest BCUT2D eigenvalue weighted by Crippen LogP contribution is 2.30. The molecule has 1 atom stereocenters. The summed E-state index contributed by atoms with van der Waals surface area (Å²) in [4.78, 5) is 14.2. The maximum absolute atomic E-state index is 13.3. The van der Waals surface area contributed by atoms with Gasteiger partial charge in [0.1, 0.15) is 5.82 Å². The zero-order valence-electron chi connectivity index (χ0n) is 14.1. The summed E-state index contributed by atoms with van der Waals surface area (Å²) in [6.07, 6.45) is 5.31. The zero-order valence-corrected chi connectivity index (χ0v) is 14.1. The van der Waals surface area contributed by atoms with Gasteiger partial charge in [0.25, 0.3) is 0 Å². The number of aryl methyl sites for hydroxylation is 1. The monoisotopic (exact) mass is 330 g/mol. The first-order valence-electron chi connectivity index (χ1n) is 8.34. The number of hydrogen-bond acceptors (Lipinski definition) is 2. The predicted molar refractivity (Wildman–Crippen MR) is 90.2 cm³/mol. The summed E-state index contributed by atoms with van der Waals surface area (Å²) < 4.78 is 13.3. The average Bonchev–Trinajstić information content (AvgIpc) is 3.09. The minimum atomic E-state index is -0.193. The number of carbonyl (C=O) groups is 1. The number of urea groups is 1. The number of H-pyrrole nitrogens is 1. The van der Waals surface area contributed by atoms with Gasteiger partial charge in [-0.3, -0.25) is 5.10 Å². The van der Waals surface area contributed by atoms with Crippen LogP contribution in [0, 0.1) is 12.7 Å². The van der Waals surface area contributed by atoms with E-state index in [4.69, 9.17) is 0 Å². The van der Waals surface area contributed by atoms with E-state index in [0.29, 0.717) is 19.0 Å². The number of likely N-dealkylation sites (tertiary alicyclic amines) is 1. The Balaban J connectivity index is 1.55. The molecule has 2 heterocycles. The third-order valence-corrected chi connectivity index (χ3v) is 4.81. The molecule has 0 aliphatic carbocycles. The number of amides is 2. The number of carbonyl (C=O) groups excluding carboxylic acids is 1. The Morgan fingerprint density at radius 3 is 2.79 bits per heavy atom. The molecule has 5 nitrogen and oxygen atoms in total.